The van der Waals surface area contributed by atoms with Crippen molar-refractivity contribution in [3.8, 4) is 11.8 Å². The smallest absolute Gasteiger partial charge is 0.134 e. The van der Waals surface area contributed by atoms with Gasteiger partial charge >= 0.3 is 0 Å². The van der Waals surface area contributed by atoms with E-state index in [2.05, 4.69) is 67.3 Å². The first kappa shape index (κ1) is 24.7. The topological polar surface area (TPSA) is 0 Å². The summed E-state index contributed by atoms with van der Waals surface area (Å²) in [6.07, 6.45) is 9.23. The lowest BCUT2D eigenvalue weighted by Gasteiger charge is -2.05. The third kappa shape index (κ3) is 6.83. The van der Waals surface area contributed by atoms with Crippen molar-refractivity contribution in [2.45, 2.75) is 65.2 Å². The fourth-order valence-corrected chi connectivity index (χ4v) is 4.50. The van der Waals surface area contributed by atoms with E-state index in [0.717, 1.165) is 34.9 Å². The van der Waals surface area contributed by atoms with Crippen LogP contribution in [0.1, 0.15) is 72.9 Å². The zero-order valence-electron chi connectivity index (χ0n) is 21.0. The van der Waals surface area contributed by atoms with Gasteiger partial charge < -0.3 is 0 Å². The fraction of sp³-hybridized carbons (Fsp3) is 0.294. The number of benzene rings is 4. The quantitative estimate of drug-likeness (QED) is 0.172. The van der Waals surface area contributed by atoms with E-state index in [-0.39, 0.29) is 5.82 Å². The average molecular weight is 463 g/mol. The highest BCUT2D eigenvalue weighted by Crippen LogP contribution is 2.22. The molecule has 0 fully saturated rings. The van der Waals surface area contributed by atoms with Crippen molar-refractivity contribution in [2.75, 3.05) is 0 Å². The van der Waals surface area contributed by atoms with Gasteiger partial charge in [-0.1, -0.05) is 99.5 Å². The molecule has 0 aliphatic heterocycles. The maximum atomic E-state index is 14.5. The third-order valence-electron chi connectivity index (χ3n) is 6.76. The van der Waals surface area contributed by atoms with Crippen molar-refractivity contribution in [3.05, 3.63) is 118 Å². The van der Waals surface area contributed by atoms with Gasteiger partial charge in [-0.2, -0.15) is 0 Å². The van der Waals surface area contributed by atoms with Gasteiger partial charge in [0.15, 0.2) is 0 Å². The highest BCUT2D eigenvalue weighted by molar-refractivity contribution is 5.85. The van der Waals surface area contributed by atoms with Crippen LogP contribution in [0.4, 0.5) is 4.39 Å². The van der Waals surface area contributed by atoms with Crippen molar-refractivity contribution in [3.63, 3.8) is 0 Å². The van der Waals surface area contributed by atoms with Gasteiger partial charge in [-0.05, 0) is 84.0 Å². The van der Waals surface area contributed by atoms with E-state index in [4.69, 9.17) is 0 Å². The van der Waals surface area contributed by atoms with Crippen LogP contribution in [0.3, 0.4) is 0 Å². The SMILES string of the molecule is CCCCCCc1ccc(CCc2ccc(C#Cc3ccc4c(F)c(CC)ccc4c3)cc2)cc1. The Morgan fingerprint density at radius 3 is 1.86 bits per heavy atom. The summed E-state index contributed by atoms with van der Waals surface area (Å²) in [7, 11) is 0. The van der Waals surface area contributed by atoms with Crippen LogP contribution in [0.5, 0.6) is 0 Å². The number of hydrogen-bond acceptors (Lipinski definition) is 0. The molecule has 0 amide bonds. The lowest BCUT2D eigenvalue weighted by atomic mass is 10.0. The first-order valence-corrected chi connectivity index (χ1v) is 13.1. The van der Waals surface area contributed by atoms with Crippen LogP contribution in [0.15, 0.2) is 78.9 Å². The molecule has 0 aliphatic carbocycles. The summed E-state index contributed by atoms with van der Waals surface area (Å²) < 4.78 is 14.5. The molecule has 0 aromatic heterocycles. The van der Waals surface area contributed by atoms with E-state index >= 15 is 0 Å². The van der Waals surface area contributed by atoms with E-state index in [1.165, 1.54) is 48.8 Å². The van der Waals surface area contributed by atoms with Crippen molar-refractivity contribution < 1.29 is 4.39 Å². The minimum Gasteiger partial charge on any atom is -0.206 e. The van der Waals surface area contributed by atoms with Crippen LogP contribution >= 0.6 is 0 Å². The minimum absolute atomic E-state index is 0.113. The molecule has 0 bridgehead atoms. The van der Waals surface area contributed by atoms with Crippen molar-refractivity contribution in [1.29, 1.82) is 0 Å². The fourth-order valence-electron chi connectivity index (χ4n) is 4.50. The van der Waals surface area contributed by atoms with Gasteiger partial charge in [0.2, 0.25) is 0 Å². The number of halogens is 1. The number of rotatable bonds is 9. The maximum absolute atomic E-state index is 14.5. The molecular formula is C34H35F. The summed E-state index contributed by atoms with van der Waals surface area (Å²) in [5.74, 6) is 6.37. The summed E-state index contributed by atoms with van der Waals surface area (Å²) >= 11 is 0. The Morgan fingerprint density at radius 2 is 1.20 bits per heavy atom. The predicted molar refractivity (Wildman–Crippen MR) is 147 cm³/mol. The number of aryl methyl sites for hydroxylation is 4. The normalized spacial score (nSPS) is 10.8. The van der Waals surface area contributed by atoms with Gasteiger partial charge in [-0.25, -0.2) is 4.39 Å². The molecule has 0 radical (unpaired) electrons. The molecule has 4 aromatic rings. The maximum Gasteiger partial charge on any atom is 0.134 e. The molecule has 0 aliphatic rings. The van der Waals surface area contributed by atoms with Gasteiger partial charge in [0.05, 0.1) is 0 Å². The molecule has 178 valence electrons. The number of fused-ring (bicyclic) bond motifs is 1. The Morgan fingerprint density at radius 1 is 0.600 bits per heavy atom. The Bertz CT molecular complexity index is 1300. The lowest BCUT2D eigenvalue weighted by molar-refractivity contribution is 0.624. The highest BCUT2D eigenvalue weighted by Gasteiger charge is 2.06. The average Bonchev–Trinajstić information content (AvgIpc) is 2.90. The van der Waals surface area contributed by atoms with E-state index < -0.39 is 0 Å². The summed E-state index contributed by atoms with van der Waals surface area (Å²) in [5.41, 5.74) is 6.83. The molecule has 35 heavy (non-hydrogen) atoms. The Kier molecular flexibility index (Phi) is 8.74. The zero-order chi connectivity index (χ0) is 24.5. The van der Waals surface area contributed by atoms with E-state index in [0.29, 0.717) is 11.8 Å². The molecule has 4 rings (SSSR count). The van der Waals surface area contributed by atoms with Gasteiger partial charge in [0.25, 0.3) is 0 Å². The van der Waals surface area contributed by atoms with Gasteiger partial charge in [0.1, 0.15) is 5.82 Å². The molecule has 1 heteroatoms. The Labute approximate surface area is 210 Å². The first-order valence-electron chi connectivity index (χ1n) is 13.1. The van der Waals surface area contributed by atoms with Crippen LogP contribution in [0.2, 0.25) is 0 Å². The van der Waals surface area contributed by atoms with Gasteiger partial charge in [-0.15, -0.1) is 0 Å². The number of hydrogen-bond donors (Lipinski definition) is 0. The van der Waals surface area contributed by atoms with Crippen molar-refractivity contribution in [2.24, 2.45) is 0 Å². The zero-order valence-corrected chi connectivity index (χ0v) is 21.0. The largest absolute Gasteiger partial charge is 0.206 e. The molecular weight excluding hydrogens is 427 g/mol. The second-order valence-corrected chi connectivity index (χ2v) is 9.40. The molecule has 4 aromatic carbocycles. The van der Waals surface area contributed by atoms with E-state index in [1.807, 2.05) is 37.3 Å². The minimum atomic E-state index is -0.113. The molecule has 0 spiro atoms. The molecule has 0 atom stereocenters. The van der Waals surface area contributed by atoms with Crippen LogP contribution < -0.4 is 0 Å². The third-order valence-corrected chi connectivity index (χ3v) is 6.76. The molecule has 0 saturated carbocycles. The van der Waals surface area contributed by atoms with Gasteiger partial charge in [0, 0.05) is 16.5 Å². The van der Waals surface area contributed by atoms with E-state index in [9.17, 15) is 4.39 Å². The molecule has 0 nitrogen and oxygen atoms in total. The van der Waals surface area contributed by atoms with E-state index in [1.54, 1.807) is 0 Å². The van der Waals surface area contributed by atoms with Crippen LogP contribution in [0.25, 0.3) is 10.8 Å². The van der Waals surface area contributed by atoms with Gasteiger partial charge in [-0.3, -0.25) is 0 Å². The Balaban J connectivity index is 1.33. The summed E-state index contributed by atoms with van der Waals surface area (Å²) in [5, 5.41) is 1.56. The standard InChI is InChI=1S/C34H35F/c1-3-5-6-7-8-26-9-11-27(12-10-26)13-14-28-15-17-29(18-16-28)19-20-30-21-24-33-32(25-30)23-22-31(4-2)34(33)35/h9-12,15-18,21-25H,3-8,13-14H2,1-2H3. The van der Waals surface area contributed by atoms with Crippen molar-refractivity contribution >= 4 is 10.8 Å². The lowest BCUT2D eigenvalue weighted by Crippen LogP contribution is -1.93. The summed E-state index contributed by atoms with van der Waals surface area (Å²) in [4.78, 5) is 0. The summed E-state index contributed by atoms with van der Waals surface area (Å²) in [6, 6.07) is 27.3. The molecule has 0 heterocycles. The predicted octanol–water partition coefficient (Wildman–Crippen LogP) is 8.85. The Hall–Kier alpha value is -3.37. The molecule has 0 unspecified atom stereocenters. The first-order chi connectivity index (χ1) is 17.2. The summed E-state index contributed by atoms with van der Waals surface area (Å²) in [6.45, 7) is 4.23. The van der Waals surface area contributed by atoms with Crippen LogP contribution in [-0.4, -0.2) is 0 Å². The number of unbranched alkanes of at least 4 members (excludes halogenated alkanes) is 3. The molecule has 0 N–H and O–H groups in total. The van der Waals surface area contributed by atoms with Crippen LogP contribution in [-0.2, 0) is 25.7 Å². The van der Waals surface area contributed by atoms with Crippen LogP contribution in [0, 0.1) is 17.7 Å². The monoisotopic (exact) mass is 462 g/mol. The highest BCUT2D eigenvalue weighted by atomic mass is 19.1. The van der Waals surface area contributed by atoms with Crippen molar-refractivity contribution in [1.82, 2.24) is 0 Å². The molecule has 0 saturated heterocycles. The second-order valence-electron chi connectivity index (χ2n) is 9.40. The second kappa shape index (κ2) is 12.4.